The number of hydrogen-bond acceptors (Lipinski definition) is 3. The van der Waals surface area contributed by atoms with Gasteiger partial charge in [-0.25, -0.2) is 0 Å². The molecule has 3 rings (SSSR count). The molecule has 0 saturated carbocycles. The summed E-state index contributed by atoms with van der Waals surface area (Å²) in [7, 11) is 1.99. The molecule has 1 aliphatic rings. The molecule has 100 valence electrons. The number of aromatic nitrogens is 2. The van der Waals surface area contributed by atoms with E-state index in [4.69, 9.17) is 0 Å². The van der Waals surface area contributed by atoms with Crippen LogP contribution in [0.15, 0.2) is 35.4 Å². The van der Waals surface area contributed by atoms with Crippen LogP contribution < -0.4 is 5.32 Å². The Labute approximate surface area is 118 Å². The Morgan fingerprint density at radius 1 is 1.42 bits per heavy atom. The highest BCUT2D eigenvalue weighted by atomic mass is 32.2. The van der Waals surface area contributed by atoms with E-state index in [1.165, 1.54) is 33.9 Å². The van der Waals surface area contributed by atoms with Crippen LogP contribution in [0.4, 0.5) is 0 Å². The van der Waals surface area contributed by atoms with E-state index in [9.17, 15) is 0 Å². The van der Waals surface area contributed by atoms with E-state index in [2.05, 4.69) is 41.6 Å². The van der Waals surface area contributed by atoms with Gasteiger partial charge in [-0.1, -0.05) is 18.2 Å². The van der Waals surface area contributed by atoms with Crippen molar-refractivity contribution in [2.75, 3.05) is 5.75 Å². The Morgan fingerprint density at radius 2 is 2.26 bits per heavy atom. The molecule has 0 radical (unpaired) electrons. The Kier molecular flexibility index (Phi) is 3.62. The molecule has 1 aliphatic heterocycles. The van der Waals surface area contributed by atoms with Gasteiger partial charge in [-0.05, 0) is 30.7 Å². The molecule has 1 atom stereocenters. The number of fused-ring (bicyclic) bond motifs is 1. The smallest absolute Gasteiger partial charge is 0.0537 e. The number of nitrogens with zero attached hydrogens (tertiary/aromatic N) is 2. The predicted octanol–water partition coefficient (Wildman–Crippen LogP) is 3.06. The van der Waals surface area contributed by atoms with Crippen molar-refractivity contribution in [3.63, 3.8) is 0 Å². The van der Waals surface area contributed by atoms with Gasteiger partial charge in [-0.3, -0.25) is 4.68 Å². The van der Waals surface area contributed by atoms with Gasteiger partial charge in [-0.2, -0.15) is 5.10 Å². The molecule has 0 saturated heterocycles. The van der Waals surface area contributed by atoms with E-state index < -0.39 is 0 Å². The van der Waals surface area contributed by atoms with Gasteiger partial charge in [0.2, 0.25) is 0 Å². The zero-order chi connectivity index (χ0) is 13.2. The first kappa shape index (κ1) is 12.8. The summed E-state index contributed by atoms with van der Waals surface area (Å²) >= 11 is 1.96. The lowest BCUT2D eigenvalue weighted by Crippen LogP contribution is -2.24. The average Bonchev–Trinajstić information content (AvgIpc) is 2.76. The van der Waals surface area contributed by atoms with Gasteiger partial charge in [0.1, 0.15) is 0 Å². The van der Waals surface area contributed by atoms with Crippen LogP contribution in [0.1, 0.15) is 29.3 Å². The summed E-state index contributed by atoms with van der Waals surface area (Å²) in [5, 5.41) is 7.98. The summed E-state index contributed by atoms with van der Waals surface area (Å²) in [6.07, 6.45) is 3.16. The van der Waals surface area contributed by atoms with Gasteiger partial charge in [0.05, 0.1) is 6.20 Å². The fourth-order valence-corrected chi connectivity index (χ4v) is 3.63. The topological polar surface area (TPSA) is 29.9 Å². The molecular formula is C15H19N3S. The largest absolute Gasteiger partial charge is 0.306 e. The molecule has 1 unspecified atom stereocenters. The van der Waals surface area contributed by atoms with Gasteiger partial charge in [0.25, 0.3) is 0 Å². The monoisotopic (exact) mass is 273 g/mol. The lowest BCUT2D eigenvalue weighted by Gasteiger charge is -2.26. The van der Waals surface area contributed by atoms with Crippen molar-refractivity contribution >= 4 is 11.8 Å². The minimum Gasteiger partial charge on any atom is -0.306 e. The molecule has 2 aromatic rings. The van der Waals surface area contributed by atoms with Crippen LogP contribution in [0.3, 0.4) is 0 Å². The summed E-state index contributed by atoms with van der Waals surface area (Å²) < 4.78 is 1.93. The lowest BCUT2D eigenvalue weighted by atomic mass is 10.0. The first-order valence-corrected chi connectivity index (χ1v) is 7.67. The summed E-state index contributed by atoms with van der Waals surface area (Å²) in [5.74, 6) is 1.20. The zero-order valence-electron chi connectivity index (χ0n) is 11.4. The molecule has 2 heterocycles. The number of thioether (sulfide) groups is 1. The van der Waals surface area contributed by atoms with Crippen molar-refractivity contribution < 1.29 is 0 Å². The molecule has 4 heteroatoms. The first-order valence-electron chi connectivity index (χ1n) is 6.68. The fraction of sp³-hybridized carbons (Fsp3) is 0.400. The van der Waals surface area contributed by atoms with E-state index in [0.717, 1.165) is 6.54 Å². The van der Waals surface area contributed by atoms with Crippen LogP contribution in [0, 0.1) is 6.92 Å². The van der Waals surface area contributed by atoms with Gasteiger partial charge in [-0.15, -0.1) is 11.8 Å². The molecule has 0 fully saturated rings. The summed E-state index contributed by atoms with van der Waals surface area (Å²) in [5.41, 5.74) is 3.98. The standard InChI is InChI=1S/C15H19N3S/c1-11-12(10-17-18(11)2)9-16-14-7-8-19-15-6-4-3-5-13(14)15/h3-6,10,14,16H,7-9H2,1-2H3. The number of benzene rings is 1. The minimum atomic E-state index is 0.469. The summed E-state index contributed by atoms with van der Waals surface area (Å²) in [6.45, 7) is 3.01. The molecule has 1 aromatic heterocycles. The summed E-state index contributed by atoms with van der Waals surface area (Å²) in [6, 6.07) is 9.20. The van der Waals surface area contributed by atoms with Crippen molar-refractivity contribution in [3.05, 3.63) is 47.3 Å². The van der Waals surface area contributed by atoms with Crippen molar-refractivity contribution in [3.8, 4) is 0 Å². The number of hydrogen-bond donors (Lipinski definition) is 1. The van der Waals surface area contributed by atoms with E-state index >= 15 is 0 Å². The molecule has 0 amide bonds. The first-order chi connectivity index (χ1) is 9.25. The van der Waals surface area contributed by atoms with E-state index in [1.54, 1.807) is 0 Å². The molecule has 1 aromatic carbocycles. The van der Waals surface area contributed by atoms with Gasteiger partial charge in [0, 0.05) is 35.8 Å². The third-order valence-corrected chi connectivity index (χ3v) is 4.96. The maximum Gasteiger partial charge on any atom is 0.0537 e. The number of rotatable bonds is 3. The molecule has 3 nitrogen and oxygen atoms in total. The van der Waals surface area contributed by atoms with Crippen molar-refractivity contribution in [1.29, 1.82) is 0 Å². The van der Waals surface area contributed by atoms with Crippen molar-refractivity contribution in [1.82, 2.24) is 15.1 Å². The van der Waals surface area contributed by atoms with Gasteiger partial charge < -0.3 is 5.32 Å². The molecule has 0 bridgehead atoms. The second-order valence-corrected chi connectivity index (χ2v) is 6.12. The van der Waals surface area contributed by atoms with Gasteiger partial charge >= 0.3 is 0 Å². The second kappa shape index (κ2) is 5.39. The quantitative estimate of drug-likeness (QED) is 0.932. The molecule has 1 N–H and O–H groups in total. The van der Waals surface area contributed by atoms with Crippen LogP contribution in [-0.2, 0) is 13.6 Å². The Hall–Kier alpha value is -1.26. The maximum absolute atomic E-state index is 4.30. The number of nitrogens with one attached hydrogen (secondary N) is 1. The molecule has 0 aliphatic carbocycles. The third-order valence-electron chi connectivity index (χ3n) is 3.83. The fourth-order valence-electron chi connectivity index (χ4n) is 2.50. The second-order valence-electron chi connectivity index (χ2n) is 4.99. The summed E-state index contributed by atoms with van der Waals surface area (Å²) in [4.78, 5) is 1.43. The average molecular weight is 273 g/mol. The Bertz CT molecular complexity index is 577. The SMILES string of the molecule is Cc1c(CNC2CCSc3ccccc32)cnn1C. The molecule has 19 heavy (non-hydrogen) atoms. The van der Waals surface area contributed by atoms with Crippen LogP contribution in [0.5, 0.6) is 0 Å². The van der Waals surface area contributed by atoms with Gasteiger partial charge in [0.15, 0.2) is 0 Å². The molecule has 0 spiro atoms. The highest BCUT2D eigenvalue weighted by molar-refractivity contribution is 7.99. The highest BCUT2D eigenvalue weighted by Crippen LogP contribution is 2.35. The van der Waals surface area contributed by atoms with Crippen LogP contribution in [0.2, 0.25) is 0 Å². The lowest BCUT2D eigenvalue weighted by molar-refractivity contribution is 0.509. The van der Waals surface area contributed by atoms with Crippen molar-refractivity contribution in [2.45, 2.75) is 30.8 Å². The maximum atomic E-state index is 4.30. The predicted molar refractivity (Wildman–Crippen MR) is 79.3 cm³/mol. The van der Waals surface area contributed by atoms with Crippen LogP contribution in [-0.4, -0.2) is 15.5 Å². The third kappa shape index (κ3) is 2.55. The van der Waals surface area contributed by atoms with Crippen LogP contribution >= 0.6 is 11.8 Å². The Morgan fingerprint density at radius 3 is 3.05 bits per heavy atom. The Balaban J connectivity index is 1.73. The van der Waals surface area contributed by atoms with E-state index in [1.807, 2.05) is 29.7 Å². The van der Waals surface area contributed by atoms with Crippen molar-refractivity contribution in [2.24, 2.45) is 7.05 Å². The zero-order valence-corrected chi connectivity index (χ0v) is 12.2. The van der Waals surface area contributed by atoms with Crippen LogP contribution in [0.25, 0.3) is 0 Å². The van der Waals surface area contributed by atoms with E-state index in [-0.39, 0.29) is 0 Å². The highest BCUT2D eigenvalue weighted by Gasteiger charge is 2.19. The molecular weight excluding hydrogens is 254 g/mol. The van der Waals surface area contributed by atoms with E-state index in [0.29, 0.717) is 6.04 Å². The minimum absolute atomic E-state index is 0.469. The normalized spacial score (nSPS) is 18.3. The number of aryl methyl sites for hydroxylation is 1.